The van der Waals surface area contributed by atoms with Crippen molar-refractivity contribution in [3.05, 3.63) is 11.1 Å². The molecule has 2 rings (SSSR count). The van der Waals surface area contributed by atoms with Gasteiger partial charge in [0.1, 0.15) is 6.04 Å². The van der Waals surface area contributed by atoms with Crippen molar-refractivity contribution in [3.8, 4) is 0 Å². The van der Waals surface area contributed by atoms with Gasteiger partial charge in [-0.1, -0.05) is 6.92 Å². The van der Waals surface area contributed by atoms with E-state index in [0.29, 0.717) is 12.6 Å². The number of ether oxygens (including phenoxy) is 1. The van der Waals surface area contributed by atoms with Gasteiger partial charge in [0.2, 0.25) is 0 Å². The van der Waals surface area contributed by atoms with Crippen molar-refractivity contribution in [3.63, 3.8) is 0 Å². The maximum absolute atomic E-state index is 11.8. The molecule has 1 atom stereocenters. The Kier molecular flexibility index (Phi) is 5.99. The molecule has 0 spiro atoms. The molecule has 5 nitrogen and oxygen atoms in total. The molecule has 118 valence electrons. The van der Waals surface area contributed by atoms with E-state index in [1.165, 1.54) is 0 Å². The van der Waals surface area contributed by atoms with E-state index in [9.17, 15) is 4.79 Å². The van der Waals surface area contributed by atoms with Gasteiger partial charge in [0, 0.05) is 24.5 Å². The molecule has 6 heteroatoms. The Labute approximate surface area is 130 Å². The zero-order valence-corrected chi connectivity index (χ0v) is 13.9. The van der Waals surface area contributed by atoms with Crippen LogP contribution in [0.1, 0.15) is 39.3 Å². The molecule has 21 heavy (non-hydrogen) atoms. The van der Waals surface area contributed by atoms with Crippen LogP contribution in [0.15, 0.2) is 5.38 Å². The van der Waals surface area contributed by atoms with Crippen molar-refractivity contribution in [1.82, 2.24) is 9.88 Å². The third-order valence-corrected chi connectivity index (χ3v) is 4.77. The Morgan fingerprint density at radius 3 is 2.81 bits per heavy atom. The number of likely N-dealkylation sites (tertiary alicyclic amines) is 1. The van der Waals surface area contributed by atoms with Gasteiger partial charge in [0.25, 0.3) is 0 Å². The summed E-state index contributed by atoms with van der Waals surface area (Å²) in [5.41, 5.74) is 1.15. The Hall–Kier alpha value is -1.14. The highest BCUT2D eigenvalue weighted by Crippen LogP contribution is 2.21. The maximum Gasteiger partial charge on any atom is 0.323 e. The summed E-state index contributed by atoms with van der Waals surface area (Å²) < 4.78 is 5.09. The topological polar surface area (TPSA) is 54.5 Å². The van der Waals surface area contributed by atoms with Gasteiger partial charge in [0.05, 0.1) is 12.3 Å². The average Bonchev–Trinajstić information content (AvgIpc) is 2.95. The normalized spacial score (nSPS) is 18.4. The van der Waals surface area contributed by atoms with Gasteiger partial charge in [-0.2, -0.15) is 0 Å². The van der Waals surface area contributed by atoms with Crippen LogP contribution in [0.3, 0.4) is 0 Å². The fraction of sp³-hybridized carbons (Fsp3) is 0.733. The van der Waals surface area contributed by atoms with E-state index in [2.05, 4.69) is 27.5 Å². The number of hydrogen-bond donors (Lipinski definition) is 1. The van der Waals surface area contributed by atoms with Gasteiger partial charge in [-0.15, -0.1) is 11.3 Å². The van der Waals surface area contributed by atoms with Gasteiger partial charge >= 0.3 is 5.97 Å². The zero-order valence-electron chi connectivity index (χ0n) is 13.1. The molecule has 1 aromatic rings. The molecular formula is C15H25N3O2S. The maximum atomic E-state index is 11.8. The van der Waals surface area contributed by atoms with E-state index in [-0.39, 0.29) is 12.0 Å². The summed E-state index contributed by atoms with van der Waals surface area (Å²) in [6.45, 7) is 8.19. The largest absolute Gasteiger partial charge is 0.465 e. The van der Waals surface area contributed by atoms with Gasteiger partial charge in [0.15, 0.2) is 5.13 Å². The number of piperidine rings is 1. The van der Waals surface area contributed by atoms with Gasteiger partial charge in [-0.3, -0.25) is 9.69 Å². The molecular weight excluding hydrogens is 286 g/mol. The predicted molar refractivity (Wildman–Crippen MR) is 85.8 cm³/mol. The van der Waals surface area contributed by atoms with Crippen molar-refractivity contribution >= 4 is 22.4 Å². The first-order chi connectivity index (χ1) is 10.1. The van der Waals surface area contributed by atoms with Crippen LogP contribution >= 0.6 is 11.3 Å². The third kappa shape index (κ3) is 4.41. The molecule has 1 saturated heterocycles. The average molecular weight is 311 g/mol. The second-order valence-electron chi connectivity index (χ2n) is 5.38. The molecule has 0 amide bonds. The number of anilines is 1. The van der Waals surface area contributed by atoms with Crippen LogP contribution < -0.4 is 5.32 Å². The predicted octanol–water partition coefficient (Wildman–Crippen LogP) is 2.53. The van der Waals surface area contributed by atoms with Gasteiger partial charge in [-0.25, -0.2) is 4.98 Å². The lowest BCUT2D eigenvalue weighted by Gasteiger charge is -2.35. The summed E-state index contributed by atoms with van der Waals surface area (Å²) in [6.07, 6.45) is 3.04. The lowest BCUT2D eigenvalue weighted by molar-refractivity contribution is -0.149. The van der Waals surface area contributed by atoms with Crippen LogP contribution in [0.2, 0.25) is 0 Å². The van der Waals surface area contributed by atoms with Crippen LogP contribution in [0.5, 0.6) is 0 Å². The van der Waals surface area contributed by atoms with Crippen molar-refractivity contribution in [1.29, 1.82) is 0 Å². The second kappa shape index (κ2) is 7.75. The van der Waals surface area contributed by atoms with E-state index in [1.54, 1.807) is 11.3 Å². The molecule has 0 bridgehead atoms. The van der Waals surface area contributed by atoms with Crippen molar-refractivity contribution < 1.29 is 9.53 Å². The summed E-state index contributed by atoms with van der Waals surface area (Å²) in [5.74, 6) is -0.114. The molecule has 1 aliphatic rings. The first-order valence-electron chi connectivity index (χ1n) is 7.75. The first-order valence-corrected chi connectivity index (χ1v) is 8.63. The quantitative estimate of drug-likeness (QED) is 0.818. The summed E-state index contributed by atoms with van der Waals surface area (Å²) in [5, 5.41) is 6.64. The monoisotopic (exact) mass is 311 g/mol. The van der Waals surface area contributed by atoms with E-state index in [4.69, 9.17) is 4.74 Å². The summed E-state index contributed by atoms with van der Waals surface area (Å²) in [6, 6.07) is 0.309. The Morgan fingerprint density at radius 1 is 1.52 bits per heavy atom. The molecule has 0 saturated carbocycles. The first kappa shape index (κ1) is 16.2. The van der Waals surface area contributed by atoms with Crippen LogP contribution in [0, 0.1) is 0 Å². The number of nitrogens with one attached hydrogen (secondary N) is 1. The standard InChI is InChI=1S/C15H25N3O2S/c1-4-12-10-21-15(16-12)17-13-6-8-18(9-7-13)11(3)14(19)20-5-2/h10-11,13H,4-9H2,1-3H3,(H,16,17)/t11-/m1/s1. The summed E-state index contributed by atoms with van der Waals surface area (Å²) in [4.78, 5) is 18.5. The summed E-state index contributed by atoms with van der Waals surface area (Å²) in [7, 11) is 0. The van der Waals surface area contributed by atoms with Crippen LogP contribution in [-0.4, -0.2) is 47.6 Å². The van der Waals surface area contributed by atoms with Gasteiger partial charge < -0.3 is 10.1 Å². The van der Waals surface area contributed by atoms with Crippen LogP contribution in [0.4, 0.5) is 5.13 Å². The lowest BCUT2D eigenvalue weighted by Crippen LogP contribution is -2.47. The number of aromatic nitrogens is 1. The highest BCUT2D eigenvalue weighted by molar-refractivity contribution is 7.13. The molecule has 2 heterocycles. The summed E-state index contributed by atoms with van der Waals surface area (Å²) >= 11 is 1.68. The lowest BCUT2D eigenvalue weighted by atomic mass is 10.0. The minimum Gasteiger partial charge on any atom is -0.465 e. The molecule has 0 aliphatic carbocycles. The zero-order chi connectivity index (χ0) is 15.2. The van der Waals surface area contributed by atoms with E-state index in [0.717, 1.165) is 43.2 Å². The number of hydrogen-bond acceptors (Lipinski definition) is 6. The molecule has 1 fully saturated rings. The van der Waals surface area contributed by atoms with Crippen molar-refractivity contribution in [2.24, 2.45) is 0 Å². The Balaban J connectivity index is 1.78. The number of thiazole rings is 1. The SMILES string of the molecule is CCOC(=O)[C@@H](C)N1CCC(Nc2nc(CC)cs2)CC1. The number of esters is 1. The molecule has 1 N–H and O–H groups in total. The van der Waals surface area contributed by atoms with E-state index < -0.39 is 0 Å². The van der Waals surface area contributed by atoms with Crippen molar-refractivity contribution in [2.45, 2.75) is 52.1 Å². The molecule has 1 aromatic heterocycles. The van der Waals surface area contributed by atoms with E-state index in [1.807, 2.05) is 13.8 Å². The minimum absolute atomic E-state index is 0.114. The highest BCUT2D eigenvalue weighted by atomic mass is 32.1. The fourth-order valence-electron chi connectivity index (χ4n) is 2.55. The minimum atomic E-state index is -0.141. The number of rotatable bonds is 6. The molecule has 0 aromatic carbocycles. The Bertz CT molecular complexity index is 456. The number of carbonyl (C=O) groups is 1. The van der Waals surface area contributed by atoms with Crippen LogP contribution in [-0.2, 0) is 16.0 Å². The van der Waals surface area contributed by atoms with E-state index >= 15 is 0 Å². The second-order valence-corrected chi connectivity index (χ2v) is 6.24. The Morgan fingerprint density at radius 2 is 2.24 bits per heavy atom. The molecule has 0 unspecified atom stereocenters. The number of carbonyl (C=O) groups excluding carboxylic acids is 1. The molecule has 1 aliphatic heterocycles. The third-order valence-electron chi connectivity index (χ3n) is 3.95. The number of nitrogens with zero attached hydrogens (tertiary/aromatic N) is 2. The smallest absolute Gasteiger partial charge is 0.323 e. The van der Waals surface area contributed by atoms with Crippen LogP contribution in [0.25, 0.3) is 0 Å². The fourth-order valence-corrected chi connectivity index (χ4v) is 3.43. The van der Waals surface area contributed by atoms with Gasteiger partial charge in [-0.05, 0) is 33.1 Å². The molecule has 0 radical (unpaired) electrons. The highest BCUT2D eigenvalue weighted by Gasteiger charge is 2.27. The van der Waals surface area contributed by atoms with Crippen molar-refractivity contribution in [2.75, 3.05) is 25.0 Å². The number of aryl methyl sites for hydroxylation is 1.